The molecule has 3 heteroatoms. The fraction of sp³-hybridized carbons (Fsp3) is 0.400. The van der Waals surface area contributed by atoms with Crippen LogP contribution in [0.5, 0.6) is 0 Å². The first-order valence-corrected chi connectivity index (χ1v) is 5.21. The zero-order chi connectivity index (χ0) is 9.52. The third kappa shape index (κ3) is 4.20. The van der Waals surface area contributed by atoms with Crippen LogP contribution >= 0.6 is 11.3 Å². The summed E-state index contributed by atoms with van der Waals surface area (Å²) in [5.74, 6) is -0.101. The molecule has 0 bridgehead atoms. The molecule has 0 fully saturated rings. The van der Waals surface area contributed by atoms with Crippen LogP contribution in [0.25, 0.3) is 6.08 Å². The van der Waals surface area contributed by atoms with E-state index in [4.69, 9.17) is 5.11 Å². The molecular weight excluding hydrogens is 187 g/mol. The van der Waals surface area contributed by atoms with Gasteiger partial charge in [0.25, 0.3) is 0 Å². The van der Waals surface area contributed by atoms with Crippen molar-refractivity contribution in [2.24, 2.45) is 0 Å². The predicted molar refractivity (Wildman–Crippen MR) is 54.3 cm³/mol. The summed E-state index contributed by atoms with van der Waals surface area (Å²) in [6.07, 6.45) is 3.37. The molecule has 0 aliphatic heterocycles. The van der Waals surface area contributed by atoms with Gasteiger partial charge in [0.1, 0.15) is 5.83 Å². The first-order chi connectivity index (χ1) is 6.33. The summed E-state index contributed by atoms with van der Waals surface area (Å²) in [7, 11) is 0. The minimum atomic E-state index is -0.101. The Morgan fingerprint density at radius 2 is 2.38 bits per heavy atom. The number of hydrogen-bond donors (Lipinski definition) is 1. The van der Waals surface area contributed by atoms with Crippen LogP contribution in [0.15, 0.2) is 23.3 Å². The molecule has 72 valence electrons. The minimum absolute atomic E-state index is 0.101. The molecule has 1 heterocycles. The second-order valence-corrected chi connectivity index (χ2v) is 3.77. The van der Waals surface area contributed by atoms with Crippen LogP contribution < -0.4 is 0 Å². The zero-order valence-corrected chi connectivity index (χ0v) is 8.19. The molecule has 0 amide bonds. The third-order valence-electron chi connectivity index (χ3n) is 1.67. The molecule has 13 heavy (non-hydrogen) atoms. The first-order valence-electron chi connectivity index (χ1n) is 4.33. The number of aliphatic hydroxyl groups excluding tert-OH is 1. The molecule has 0 saturated heterocycles. The molecule has 1 rings (SSSR count). The summed E-state index contributed by atoms with van der Waals surface area (Å²) in [6, 6.07) is 3.79. The van der Waals surface area contributed by atoms with Gasteiger partial charge >= 0.3 is 0 Å². The number of halogens is 1. The highest BCUT2D eigenvalue weighted by molar-refractivity contribution is 7.10. The van der Waals surface area contributed by atoms with Crippen molar-refractivity contribution in [3.8, 4) is 0 Å². The Balaban J connectivity index is 2.34. The molecule has 0 atom stereocenters. The van der Waals surface area contributed by atoms with Crippen molar-refractivity contribution in [2.45, 2.75) is 19.3 Å². The van der Waals surface area contributed by atoms with Crippen LogP contribution in [-0.4, -0.2) is 11.7 Å². The van der Waals surface area contributed by atoms with Crippen molar-refractivity contribution in [1.82, 2.24) is 0 Å². The number of rotatable bonds is 5. The van der Waals surface area contributed by atoms with E-state index in [1.54, 1.807) is 6.08 Å². The van der Waals surface area contributed by atoms with Gasteiger partial charge in [0.15, 0.2) is 0 Å². The van der Waals surface area contributed by atoms with Gasteiger partial charge in [-0.25, -0.2) is 4.39 Å². The van der Waals surface area contributed by atoms with E-state index in [0.717, 1.165) is 4.88 Å². The van der Waals surface area contributed by atoms with E-state index in [1.165, 1.54) is 11.3 Å². The molecule has 1 N–H and O–H groups in total. The topological polar surface area (TPSA) is 20.2 Å². The van der Waals surface area contributed by atoms with Crippen molar-refractivity contribution < 1.29 is 9.50 Å². The fourth-order valence-electron chi connectivity index (χ4n) is 1.01. The quantitative estimate of drug-likeness (QED) is 0.723. The number of hydrogen-bond acceptors (Lipinski definition) is 2. The van der Waals surface area contributed by atoms with Crippen molar-refractivity contribution in [2.75, 3.05) is 6.61 Å². The largest absolute Gasteiger partial charge is 0.396 e. The van der Waals surface area contributed by atoms with Gasteiger partial charge in [-0.1, -0.05) is 6.07 Å². The summed E-state index contributed by atoms with van der Waals surface area (Å²) in [6.45, 7) is 0.145. The maximum Gasteiger partial charge on any atom is 0.101 e. The highest BCUT2D eigenvalue weighted by atomic mass is 32.1. The highest BCUT2D eigenvalue weighted by Gasteiger charge is 1.96. The van der Waals surface area contributed by atoms with Gasteiger partial charge in [-0.05, 0) is 36.8 Å². The van der Waals surface area contributed by atoms with Crippen LogP contribution in [0.2, 0.25) is 0 Å². The summed E-state index contributed by atoms with van der Waals surface area (Å²) in [5, 5.41) is 10.4. The van der Waals surface area contributed by atoms with Crippen molar-refractivity contribution in [1.29, 1.82) is 0 Å². The molecule has 0 spiro atoms. The first kappa shape index (κ1) is 10.4. The minimum Gasteiger partial charge on any atom is -0.396 e. The van der Waals surface area contributed by atoms with Gasteiger partial charge in [0.05, 0.1) is 0 Å². The average Bonchev–Trinajstić information content (AvgIpc) is 2.57. The monoisotopic (exact) mass is 200 g/mol. The fourth-order valence-corrected chi connectivity index (χ4v) is 1.67. The Kier molecular flexibility index (Phi) is 4.72. The van der Waals surface area contributed by atoms with Crippen LogP contribution in [0.3, 0.4) is 0 Å². The van der Waals surface area contributed by atoms with E-state index in [0.29, 0.717) is 19.3 Å². The number of aliphatic hydroxyl groups is 1. The smallest absolute Gasteiger partial charge is 0.101 e. The van der Waals surface area contributed by atoms with E-state index in [-0.39, 0.29) is 12.4 Å². The maximum absolute atomic E-state index is 13.1. The molecule has 0 saturated carbocycles. The molecule has 0 aliphatic rings. The lowest BCUT2D eigenvalue weighted by Gasteiger charge is -1.95. The summed E-state index contributed by atoms with van der Waals surface area (Å²) < 4.78 is 13.1. The van der Waals surface area contributed by atoms with E-state index in [1.807, 2.05) is 17.5 Å². The normalized spacial score (nSPS) is 12.0. The molecule has 0 unspecified atom stereocenters. The average molecular weight is 200 g/mol. The van der Waals surface area contributed by atoms with Gasteiger partial charge in [-0.2, -0.15) is 0 Å². The molecule has 0 aromatic carbocycles. The Morgan fingerprint density at radius 1 is 1.54 bits per heavy atom. The SMILES string of the molecule is OCCCC/C(F)=C/c1cccs1. The van der Waals surface area contributed by atoms with Gasteiger partial charge in [-0.15, -0.1) is 11.3 Å². The summed E-state index contributed by atoms with van der Waals surface area (Å²) >= 11 is 1.52. The van der Waals surface area contributed by atoms with Crippen LogP contribution in [0.4, 0.5) is 4.39 Å². The highest BCUT2D eigenvalue weighted by Crippen LogP contribution is 2.17. The lowest BCUT2D eigenvalue weighted by atomic mass is 10.2. The lowest BCUT2D eigenvalue weighted by Crippen LogP contribution is -1.82. The van der Waals surface area contributed by atoms with Crippen LogP contribution in [-0.2, 0) is 0 Å². The predicted octanol–water partition coefficient (Wildman–Crippen LogP) is 3.22. The van der Waals surface area contributed by atoms with E-state index in [2.05, 4.69) is 0 Å². The van der Waals surface area contributed by atoms with E-state index in [9.17, 15) is 4.39 Å². The Bertz CT molecular complexity index is 254. The molecule has 1 aromatic heterocycles. The zero-order valence-electron chi connectivity index (χ0n) is 7.37. The number of thiophene rings is 1. The van der Waals surface area contributed by atoms with Gasteiger partial charge in [0.2, 0.25) is 0 Å². The third-order valence-corrected chi connectivity index (χ3v) is 2.49. The molecular formula is C10H13FOS. The van der Waals surface area contributed by atoms with E-state index < -0.39 is 0 Å². The van der Waals surface area contributed by atoms with E-state index >= 15 is 0 Å². The lowest BCUT2D eigenvalue weighted by molar-refractivity contribution is 0.283. The van der Waals surface area contributed by atoms with Gasteiger partial charge in [-0.3, -0.25) is 0 Å². The number of allylic oxidation sites excluding steroid dienone is 1. The van der Waals surface area contributed by atoms with Crippen LogP contribution in [0, 0.1) is 0 Å². The summed E-state index contributed by atoms with van der Waals surface area (Å²) in [4.78, 5) is 0.946. The second-order valence-electron chi connectivity index (χ2n) is 2.79. The van der Waals surface area contributed by atoms with Gasteiger partial charge < -0.3 is 5.11 Å². The Morgan fingerprint density at radius 3 is 3.00 bits per heavy atom. The molecule has 0 radical (unpaired) electrons. The van der Waals surface area contributed by atoms with Crippen molar-refractivity contribution in [3.05, 3.63) is 28.2 Å². The van der Waals surface area contributed by atoms with Crippen molar-refractivity contribution in [3.63, 3.8) is 0 Å². The Hall–Kier alpha value is -0.670. The van der Waals surface area contributed by atoms with Gasteiger partial charge in [0, 0.05) is 11.5 Å². The number of unbranched alkanes of at least 4 members (excludes halogenated alkanes) is 1. The van der Waals surface area contributed by atoms with Crippen molar-refractivity contribution >= 4 is 17.4 Å². The maximum atomic E-state index is 13.1. The second kappa shape index (κ2) is 5.89. The Labute approximate surface area is 81.5 Å². The molecule has 1 nitrogen and oxygen atoms in total. The standard InChI is InChI=1S/C10H13FOS/c11-9(4-1-2-6-12)8-10-5-3-7-13-10/h3,5,7-8,12H,1-2,4,6H2/b9-8-. The summed E-state index contributed by atoms with van der Waals surface area (Å²) in [5.41, 5.74) is 0. The van der Waals surface area contributed by atoms with Crippen LogP contribution in [0.1, 0.15) is 24.1 Å². The molecule has 1 aromatic rings. The molecule has 0 aliphatic carbocycles.